The number of hydrogen-bond acceptors (Lipinski definition) is 0. The van der Waals surface area contributed by atoms with Crippen LogP contribution in [0.5, 0.6) is 0 Å². The van der Waals surface area contributed by atoms with Crippen LogP contribution in [0.15, 0.2) is 18.2 Å². The minimum absolute atomic E-state index is 0.600. The van der Waals surface area contributed by atoms with Gasteiger partial charge < -0.3 is 5.73 Å². The Labute approximate surface area is 69.7 Å². The fourth-order valence-corrected chi connectivity index (χ4v) is 1.16. The van der Waals surface area contributed by atoms with Crippen molar-refractivity contribution in [2.24, 2.45) is 0 Å². The minimum atomic E-state index is 0.600. The monoisotopic (exact) mass is 176 g/mol. The summed E-state index contributed by atoms with van der Waals surface area (Å²) in [5.41, 5.74) is 4.71. The Hall–Kier alpha value is -0.240. The molecule has 0 spiro atoms. The fraction of sp³-hybridized carbons (Fsp3) is 0.143. The lowest BCUT2D eigenvalue weighted by atomic mass is 10.2. The van der Waals surface area contributed by atoms with Gasteiger partial charge in [-0.25, -0.2) is 0 Å². The number of rotatable bonds is 1. The molecule has 0 aliphatic heterocycles. The molecule has 0 aromatic heterocycles. The van der Waals surface area contributed by atoms with Crippen molar-refractivity contribution in [2.75, 3.05) is 0 Å². The van der Waals surface area contributed by atoms with E-state index in [1.807, 2.05) is 12.1 Å². The van der Waals surface area contributed by atoms with Gasteiger partial charge in [0.2, 0.25) is 0 Å². The van der Waals surface area contributed by atoms with Gasteiger partial charge in [-0.15, -0.1) is 0 Å². The lowest BCUT2D eigenvalue weighted by Gasteiger charge is -1.98. The van der Waals surface area contributed by atoms with Crippen molar-refractivity contribution in [3.05, 3.63) is 33.8 Å². The third-order valence-corrected chi connectivity index (χ3v) is 2.16. The van der Waals surface area contributed by atoms with Crippen LogP contribution in [0, 0.1) is 0 Å². The van der Waals surface area contributed by atoms with Gasteiger partial charge in [0.15, 0.2) is 0 Å². The molecular weight excluding hydrogens is 169 g/mol. The van der Waals surface area contributed by atoms with E-state index in [-0.39, 0.29) is 0 Å². The molecule has 0 saturated carbocycles. The molecule has 10 heavy (non-hydrogen) atoms. The van der Waals surface area contributed by atoms with Crippen LogP contribution in [-0.2, 0) is 6.54 Å². The summed E-state index contributed by atoms with van der Waals surface area (Å²) < 4.78 is 0. The summed E-state index contributed by atoms with van der Waals surface area (Å²) in [5.74, 6) is 0. The lowest BCUT2D eigenvalue weighted by molar-refractivity contribution is -0.386. The molecule has 0 amide bonds. The van der Waals surface area contributed by atoms with Crippen LogP contribution in [0.3, 0.4) is 0 Å². The third-order valence-electron chi connectivity index (χ3n) is 1.30. The Morgan fingerprint density at radius 2 is 2.00 bits per heavy atom. The molecule has 0 saturated heterocycles. The van der Waals surface area contributed by atoms with Crippen molar-refractivity contribution in [2.45, 2.75) is 6.54 Å². The van der Waals surface area contributed by atoms with E-state index < -0.39 is 0 Å². The van der Waals surface area contributed by atoms with Crippen molar-refractivity contribution in [1.29, 1.82) is 0 Å². The summed E-state index contributed by atoms with van der Waals surface area (Å²) in [6, 6.07) is 5.55. The van der Waals surface area contributed by atoms with Crippen molar-refractivity contribution >= 4 is 23.2 Å². The van der Waals surface area contributed by atoms with E-state index in [9.17, 15) is 0 Å². The maximum atomic E-state index is 5.82. The zero-order valence-corrected chi connectivity index (χ0v) is 6.91. The van der Waals surface area contributed by atoms with Gasteiger partial charge in [0.25, 0.3) is 0 Å². The first-order valence-corrected chi connectivity index (χ1v) is 3.73. The maximum absolute atomic E-state index is 5.82. The first kappa shape index (κ1) is 7.86. The Morgan fingerprint density at radius 3 is 2.50 bits per heavy atom. The Kier molecular flexibility index (Phi) is 2.55. The topological polar surface area (TPSA) is 27.6 Å². The summed E-state index contributed by atoms with van der Waals surface area (Å²) in [6.07, 6.45) is 0. The predicted molar refractivity (Wildman–Crippen MR) is 43.1 cm³/mol. The van der Waals surface area contributed by atoms with Gasteiger partial charge in [0.05, 0.1) is 10.0 Å². The fourth-order valence-electron chi connectivity index (χ4n) is 0.742. The molecule has 54 valence electrons. The normalized spacial score (nSPS) is 9.90. The second-order valence-corrected chi connectivity index (χ2v) is 2.75. The lowest BCUT2D eigenvalue weighted by Crippen LogP contribution is -2.47. The molecule has 3 heteroatoms. The van der Waals surface area contributed by atoms with E-state index in [1.54, 1.807) is 6.07 Å². The average molecular weight is 177 g/mol. The maximum Gasteiger partial charge on any atom is 0.101 e. The summed E-state index contributed by atoms with van der Waals surface area (Å²) >= 11 is 11.6. The molecule has 1 aromatic carbocycles. The van der Waals surface area contributed by atoms with Crippen LogP contribution in [-0.4, -0.2) is 0 Å². The molecule has 0 atom stereocenters. The van der Waals surface area contributed by atoms with E-state index in [4.69, 9.17) is 23.2 Å². The smallest absolute Gasteiger partial charge is 0.101 e. The minimum Gasteiger partial charge on any atom is -0.354 e. The standard InChI is InChI=1S/C7H7Cl2N/c8-6-3-1-2-5(4-10)7(6)9/h1-3H,4,10H2/p+1. The van der Waals surface area contributed by atoms with Crippen molar-refractivity contribution in [3.63, 3.8) is 0 Å². The SMILES string of the molecule is [NH3+]Cc1cccc(Cl)c1Cl. The summed E-state index contributed by atoms with van der Waals surface area (Å²) in [5, 5.41) is 1.22. The van der Waals surface area contributed by atoms with E-state index >= 15 is 0 Å². The van der Waals surface area contributed by atoms with Gasteiger partial charge in [-0.05, 0) is 6.07 Å². The highest BCUT2D eigenvalue weighted by molar-refractivity contribution is 6.42. The number of benzene rings is 1. The van der Waals surface area contributed by atoms with Gasteiger partial charge in [-0.1, -0.05) is 35.3 Å². The van der Waals surface area contributed by atoms with Gasteiger partial charge in [-0.3, -0.25) is 0 Å². The van der Waals surface area contributed by atoms with E-state index in [0.717, 1.165) is 5.56 Å². The van der Waals surface area contributed by atoms with Crippen LogP contribution in [0.4, 0.5) is 0 Å². The van der Waals surface area contributed by atoms with Gasteiger partial charge in [0.1, 0.15) is 6.54 Å². The van der Waals surface area contributed by atoms with Crippen molar-refractivity contribution < 1.29 is 5.73 Å². The number of quaternary nitrogens is 1. The Bertz CT molecular complexity index is 235. The third kappa shape index (κ3) is 1.43. The second-order valence-electron chi connectivity index (χ2n) is 1.96. The molecule has 0 radical (unpaired) electrons. The zero-order chi connectivity index (χ0) is 7.56. The van der Waals surface area contributed by atoms with Crippen LogP contribution in [0.25, 0.3) is 0 Å². The molecule has 0 aliphatic carbocycles. The Balaban J connectivity index is 3.14. The molecule has 1 aromatic rings. The first-order valence-electron chi connectivity index (χ1n) is 2.98. The molecule has 0 fully saturated rings. The van der Waals surface area contributed by atoms with E-state index in [2.05, 4.69) is 5.73 Å². The molecule has 0 unspecified atom stereocenters. The van der Waals surface area contributed by atoms with Gasteiger partial charge in [0, 0.05) is 5.56 Å². The predicted octanol–water partition coefficient (Wildman–Crippen LogP) is 1.74. The van der Waals surface area contributed by atoms with Crippen molar-refractivity contribution in [1.82, 2.24) is 0 Å². The summed E-state index contributed by atoms with van der Waals surface area (Å²) in [7, 11) is 0. The van der Waals surface area contributed by atoms with Crippen LogP contribution < -0.4 is 5.73 Å². The first-order chi connectivity index (χ1) is 4.75. The quantitative estimate of drug-likeness (QED) is 0.676. The Morgan fingerprint density at radius 1 is 1.30 bits per heavy atom. The van der Waals surface area contributed by atoms with Crippen LogP contribution in [0.2, 0.25) is 10.0 Å². The van der Waals surface area contributed by atoms with E-state index in [1.165, 1.54) is 0 Å². The zero-order valence-electron chi connectivity index (χ0n) is 5.40. The average Bonchev–Trinajstić information content (AvgIpc) is 1.95. The highest BCUT2D eigenvalue weighted by Gasteiger charge is 2.01. The molecule has 1 rings (SSSR count). The van der Waals surface area contributed by atoms with Crippen molar-refractivity contribution in [3.8, 4) is 0 Å². The second kappa shape index (κ2) is 3.24. The number of halogens is 2. The summed E-state index contributed by atoms with van der Waals surface area (Å²) in [6.45, 7) is 0.680. The molecule has 1 nitrogen and oxygen atoms in total. The number of hydrogen-bond donors (Lipinski definition) is 1. The van der Waals surface area contributed by atoms with Crippen LogP contribution in [0.1, 0.15) is 5.56 Å². The molecular formula is C7H8Cl2N+. The largest absolute Gasteiger partial charge is 0.354 e. The highest BCUT2D eigenvalue weighted by Crippen LogP contribution is 2.24. The summed E-state index contributed by atoms with van der Waals surface area (Å²) in [4.78, 5) is 0. The molecule has 0 heterocycles. The highest BCUT2D eigenvalue weighted by atomic mass is 35.5. The van der Waals surface area contributed by atoms with Crippen LogP contribution >= 0.6 is 23.2 Å². The van der Waals surface area contributed by atoms with E-state index in [0.29, 0.717) is 16.6 Å². The molecule has 3 N–H and O–H groups in total. The molecule has 0 bridgehead atoms. The van der Waals surface area contributed by atoms with Gasteiger partial charge in [-0.2, -0.15) is 0 Å². The van der Waals surface area contributed by atoms with Gasteiger partial charge >= 0.3 is 0 Å². The molecule has 0 aliphatic rings.